The molecular weight excluding hydrogens is 223 g/mol. The normalized spacial score (nSPS) is 16.8. The Morgan fingerprint density at radius 1 is 1.31 bits per heavy atom. The van der Waals surface area contributed by atoms with Gasteiger partial charge < -0.3 is 10.5 Å². The maximum atomic E-state index is 12.3. The molecule has 96 valence electrons. The van der Waals surface area contributed by atoms with Crippen molar-refractivity contribution in [2.45, 2.75) is 51.9 Å². The zero-order chi connectivity index (χ0) is 13.1. The van der Waals surface area contributed by atoms with Gasteiger partial charge in [-0.1, -0.05) is 6.92 Å². The molecule has 0 aliphatic heterocycles. The summed E-state index contributed by atoms with van der Waals surface area (Å²) in [6, 6.07) is -2.17. The molecule has 0 rings (SSSR count). The first-order chi connectivity index (χ1) is 6.99. The van der Waals surface area contributed by atoms with E-state index in [0.29, 0.717) is 0 Å². The number of ether oxygens (including phenoxy) is 1. The van der Waals surface area contributed by atoms with Crippen LogP contribution in [0.15, 0.2) is 0 Å². The van der Waals surface area contributed by atoms with Gasteiger partial charge in [0.2, 0.25) is 0 Å². The van der Waals surface area contributed by atoms with Crippen molar-refractivity contribution in [1.29, 1.82) is 0 Å². The molecular formula is C10H18F3NO2. The summed E-state index contributed by atoms with van der Waals surface area (Å²) in [5.74, 6) is -2.25. The Hall–Kier alpha value is -0.780. The number of nitrogens with two attached hydrogens (primary N) is 1. The number of halogens is 3. The van der Waals surface area contributed by atoms with Gasteiger partial charge >= 0.3 is 12.1 Å². The predicted molar refractivity (Wildman–Crippen MR) is 53.7 cm³/mol. The second-order valence-corrected chi connectivity index (χ2v) is 4.62. The molecule has 0 fully saturated rings. The maximum absolute atomic E-state index is 12.3. The van der Waals surface area contributed by atoms with Gasteiger partial charge in [0, 0.05) is 0 Å². The molecule has 0 bridgehead atoms. The molecule has 0 saturated carbocycles. The lowest BCUT2D eigenvalue weighted by Gasteiger charge is -2.27. The van der Waals surface area contributed by atoms with Crippen LogP contribution in [-0.4, -0.2) is 23.8 Å². The van der Waals surface area contributed by atoms with E-state index in [9.17, 15) is 18.0 Å². The topological polar surface area (TPSA) is 52.3 Å². The third kappa shape index (κ3) is 4.83. The van der Waals surface area contributed by atoms with Gasteiger partial charge in [0.05, 0.1) is 5.92 Å². The van der Waals surface area contributed by atoms with E-state index >= 15 is 0 Å². The number of rotatable bonds is 3. The van der Waals surface area contributed by atoms with E-state index in [1.165, 1.54) is 6.92 Å². The van der Waals surface area contributed by atoms with Crippen LogP contribution in [0.1, 0.15) is 34.1 Å². The van der Waals surface area contributed by atoms with Crippen molar-refractivity contribution in [1.82, 2.24) is 0 Å². The van der Waals surface area contributed by atoms with E-state index in [1.807, 2.05) is 0 Å². The second-order valence-electron chi connectivity index (χ2n) is 4.62. The van der Waals surface area contributed by atoms with Crippen LogP contribution in [0.2, 0.25) is 0 Å². The second kappa shape index (κ2) is 5.03. The van der Waals surface area contributed by atoms with Gasteiger partial charge in [-0.2, -0.15) is 13.2 Å². The first-order valence-corrected chi connectivity index (χ1v) is 5.04. The van der Waals surface area contributed by atoms with Gasteiger partial charge in [-0.25, -0.2) is 0 Å². The molecule has 0 aromatic rings. The Morgan fingerprint density at radius 3 is 2.00 bits per heavy atom. The van der Waals surface area contributed by atoms with E-state index in [1.54, 1.807) is 20.8 Å². The fourth-order valence-corrected chi connectivity index (χ4v) is 1.17. The van der Waals surface area contributed by atoms with Crippen LogP contribution in [0.4, 0.5) is 13.2 Å². The lowest BCUT2D eigenvalue weighted by Crippen LogP contribution is -2.48. The number of carbonyl (C=O) groups excluding carboxylic acids is 1. The lowest BCUT2D eigenvalue weighted by atomic mass is 9.97. The van der Waals surface area contributed by atoms with Crippen LogP contribution in [0.3, 0.4) is 0 Å². The molecule has 16 heavy (non-hydrogen) atoms. The molecule has 0 radical (unpaired) electrons. The Morgan fingerprint density at radius 2 is 1.75 bits per heavy atom. The van der Waals surface area contributed by atoms with Crippen molar-refractivity contribution in [3.63, 3.8) is 0 Å². The Labute approximate surface area is 93.1 Å². The van der Waals surface area contributed by atoms with E-state index in [2.05, 4.69) is 0 Å². The average Bonchev–Trinajstić information content (AvgIpc) is 1.99. The minimum Gasteiger partial charge on any atom is -0.460 e. The highest BCUT2D eigenvalue weighted by molar-refractivity contribution is 5.73. The largest absolute Gasteiger partial charge is 0.460 e. The highest BCUT2D eigenvalue weighted by Crippen LogP contribution is 2.27. The predicted octanol–water partition coefficient (Wildman–Crippen LogP) is 2.24. The van der Waals surface area contributed by atoms with Crippen molar-refractivity contribution < 1.29 is 22.7 Å². The minimum atomic E-state index is -4.59. The summed E-state index contributed by atoms with van der Waals surface area (Å²) in [5.41, 5.74) is 4.19. The van der Waals surface area contributed by atoms with Gasteiger partial charge in [0.25, 0.3) is 0 Å². The highest BCUT2D eigenvalue weighted by atomic mass is 19.4. The van der Waals surface area contributed by atoms with E-state index in [0.717, 1.165) is 0 Å². The number of hydrogen-bond donors (Lipinski definition) is 1. The van der Waals surface area contributed by atoms with Crippen molar-refractivity contribution in [2.24, 2.45) is 11.7 Å². The zero-order valence-electron chi connectivity index (χ0n) is 9.89. The average molecular weight is 241 g/mol. The molecule has 0 amide bonds. The lowest BCUT2D eigenvalue weighted by molar-refractivity contribution is -0.183. The fourth-order valence-electron chi connectivity index (χ4n) is 1.17. The minimum absolute atomic E-state index is 0.00437. The summed E-state index contributed by atoms with van der Waals surface area (Å²) in [5, 5.41) is 0. The molecule has 0 aromatic heterocycles. The molecule has 0 heterocycles. The third-order valence-electron chi connectivity index (χ3n) is 1.96. The zero-order valence-corrected chi connectivity index (χ0v) is 9.89. The fraction of sp³-hybridized carbons (Fsp3) is 0.900. The van der Waals surface area contributed by atoms with E-state index in [-0.39, 0.29) is 6.42 Å². The van der Waals surface area contributed by atoms with Crippen LogP contribution in [0.5, 0.6) is 0 Å². The first kappa shape index (κ1) is 15.2. The summed E-state index contributed by atoms with van der Waals surface area (Å²) in [6.45, 7) is 6.25. The molecule has 0 aliphatic rings. The Kier molecular flexibility index (Phi) is 4.79. The van der Waals surface area contributed by atoms with Crippen molar-refractivity contribution in [2.75, 3.05) is 0 Å². The maximum Gasteiger partial charge on any atom is 0.404 e. The summed E-state index contributed by atoms with van der Waals surface area (Å²) in [6.07, 6.45) is -4.59. The smallest absolute Gasteiger partial charge is 0.404 e. The monoisotopic (exact) mass is 241 g/mol. The molecule has 3 nitrogen and oxygen atoms in total. The van der Waals surface area contributed by atoms with Crippen LogP contribution in [-0.2, 0) is 9.53 Å². The molecule has 2 N–H and O–H groups in total. The van der Waals surface area contributed by atoms with Crippen molar-refractivity contribution >= 4 is 5.97 Å². The molecule has 0 aromatic carbocycles. The van der Waals surface area contributed by atoms with Gasteiger partial charge in [-0.15, -0.1) is 0 Å². The summed E-state index contributed by atoms with van der Waals surface area (Å²) in [4.78, 5) is 11.5. The molecule has 2 atom stereocenters. The van der Waals surface area contributed by atoms with Crippen LogP contribution in [0.25, 0.3) is 0 Å². The Balaban J connectivity index is 4.69. The number of esters is 1. The number of alkyl halides is 3. The molecule has 0 saturated heterocycles. The molecule has 0 unspecified atom stereocenters. The standard InChI is InChI=1S/C10H18F3NO2/c1-5-6(7(14)10(11,12)13)8(15)16-9(2,3)4/h6-7H,5,14H2,1-4H3/t6-,7-/m1/s1. The van der Waals surface area contributed by atoms with E-state index in [4.69, 9.17) is 10.5 Å². The van der Waals surface area contributed by atoms with Gasteiger partial charge in [-0.05, 0) is 27.2 Å². The number of hydrogen-bond acceptors (Lipinski definition) is 3. The van der Waals surface area contributed by atoms with Gasteiger partial charge in [0.15, 0.2) is 0 Å². The van der Waals surface area contributed by atoms with Crippen molar-refractivity contribution in [3.8, 4) is 0 Å². The van der Waals surface area contributed by atoms with Gasteiger partial charge in [0.1, 0.15) is 11.6 Å². The Bertz CT molecular complexity index is 245. The SMILES string of the molecule is CC[C@@H](C(=O)OC(C)(C)C)[C@@H](N)C(F)(F)F. The third-order valence-corrected chi connectivity index (χ3v) is 1.96. The van der Waals surface area contributed by atoms with Crippen molar-refractivity contribution in [3.05, 3.63) is 0 Å². The molecule has 6 heteroatoms. The first-order valence-electron chi connectivity index (χ1n) is 5.04. The summed E-state index contributed by atoms with van der Waals surface area (Å²) in [7, 11) is 0. The van der Waals surface area contributed by atoms with E-state index < -0.39 is 29.7 Å². The van der Waals surface area contributed by atoms with Gasteiger partial charge in [-0.3, -0.25) is 4.79 Å². The molecule has 0 spiro atoms. The summed E-state index contributed by atoms with van der Waals surface area (Å²) >= 11 is 0. The number of carbonyl (C=O) groups is 1. The van der Waals surface area contributed by atoms with Crippen LogP contribution >= 0.6 is 0 Å². The summed E-state index contributed by atoms with van der Waals surface area (Å²) < 4.78 is 41.9. The van der Waals surface area contributed by atoms with Crippen LogP contribution < -0.4 is 5.73 Å². The quantitative estimate of drug-likeness (QED) is 0.771. The molecule has 0 aliphatic carbocycles. The highest BCUT2D eigenvalue weighted by Gasteiger charge is 2.45. The van der Waals surface area contributed by atoms with Crippen LogP contribution in [0, 0.1) is 5.92 Å².